The Morgan fingerprint density at radius 1 is 1.31 bits per heavy atom. The van der Waals surface area contributed by atoms with Crippen LogP contribution in [-0.4, -0.2) is 38.3 Å². The summed E-state index contributed by atoms with van der Waals surface area (Å²) in [6.45, 7) is 7.35. The lowest BCUT2D eigenvalue weighted by Gasteiger charge is -2.17. The zero-order valence-electron chi connectivity index (χ0n) is 11.0. The minimum absolute atomic E-state index is 0.0815. The van der Waals surface area contributed by atoms with Crippen LogP contribution in [0.5, 0.6) is 0 Å². The number of methoxy groups -OCH3 is 1. The first-order chi connectivity index (χ1) is 7.63. The lowest BCUT2D eigenvalue weighted by Crippen LogP contribution is -2.42. The smallest absolute Gasteiger partial charge is 0.234 e. The fourth-order valence-corrected chi connectivity index (χ4v) is 1.44. The molecule has 1 atom stereocenters. The lowest BCUT2D eigenvalue weighted by molar-refractivity contribution is -0.121. The summed E-state index contributed by atoms with van der Waals surface area (Å²) in [6.07, 6.45) is 2.90. The molecule has 0 heterocycles. The van der Waals surface area contributed by atoms with Gasteiger partial charge >= 0.3 is 0 Å². The number of rotatable bonds is 9. The average Bonchev–Trinajstić information content (AvgIpc) is 2.30. The highest BCUT2D eigenvalue weighted by molar-refractivity contribution is 5.78. The fraction of sp³-hybridized carbons (Fsp3) is 0.917. The van der Waals surface area contributed by atoms with Crippen molar-refractivity contribution >= 4 is 5.91 Å². The first kappa shape index (κ1) is 15.4. The molecule has 0 aromatic carbocycles. The molecule has 0 aliphatic rings. The fourth-order valence-electron chi connectivity index (χ4n) is 1.44. The third-order valence-corrected chi connectivity index (χ3v) is 2.72. The van der Waals surface area contributed by atoms with E-state index >= 15 is 0 Å². The molecule has 1 unspecified atom stereocenters. The molecule has 0 rings (SSSR count). The molecule has 0 aromatic rings. The molecule has 0 aliphatic carbocycles. The van der Waals surface area contributed by atoms with Crippen molar-refractivity contribution in [3.05, 3.63) is 0 Å². The Kier molecular flexibility index (Phi) is 9.24. The van der Waals surface area contributed by atoms with Crippen LogP contribution in [0.4, 0.5) is 0 Å². The van der Waals surface area contributed by atoms with E-state index in [4.69, 9.17) is 4.74 Å². The van der Waals surface area contributed by atoms with Gasteiger partial charge in [-0.2, -0.15) is 0 Å². The zero-order valence-corrected chi connectivity index (χ0v) is 11.0. The van der Waals surface area contributed by atoms with Gasteiger partial charge in [-0.1, -0.05) is 13.8 Å². The van der Waals surface area contributed by atoms with Crippen molar-refractivity contribution in [3.63, 3.8) is 0 Å². The first-order valence-electron chi connectivity index (χ1n) is 6.15. The van der Waals surface area contributed by atoms with Gasteiger partial charge in [0.1, 0.15) is 0 Å². The Hall–Kier alpha value is -0.610. The van der Waals surface area contributed by atoms with Gasteiger partial charge in [0, 0.05) is 25.8 Å². The van der Waals surface area contributed by atoms with Crippen LogP contribution in [0.25, 0.3) is 0 Å². The predicted molar refractivity (Wildman–Crippen MR) is 66.5 cm³/mol. The van der Waals surface area contributed by atoms with Gasteiger partial charge in [-0.05, 0) is 26.2 Å². The van der Waals surface area contributed by atoms with E-state index in [1.807, 2.05) is 0 Å². The zero-order chi connectivity index (χ0) is 12.4. The molecule has 0 aromatic heterocycles. The van der Waals surface area contributed by atoms with Crippen LogP contribution in [-0.2, 0) is 9.53 Å². The number of nitrogens with one attached hydrogen (secondary N) is 2. The van der Waals surface area contributed by atoms with Crippen LogP contribution in [0, 0.1) is 0 Å². The molecule has 0 fully saturated rings. The normalized spacial score (nSPS) is 12.8. The number of carbonyl (C=O) groups is 1. The molecule has 0 saturated heterocycles. The van der Waals surface area contributed by atoms with E-state index in [0.717, 1.165) is 25.9 Å². The van der Waals surface area contributed by atoms with Gasteiger partial charge in [0.15, 0.2) is 0 Å². The van der Waals surface area contributed by atoms with E-state index in [-0.39, 0.29) is 5.91 Å². The standard InChI is InChI=1S/C12H26N2O2/c1-5-11(6-2)14-12(15)9-13-10(3)7-8-16-4/h10-11,13H,5-9H2,1-4H3,(H,14,15). The second kappa shape index (κ2) is 9.60. The van der Waals surface area contributed by atoms with Crippen molar-refractivity contribution in [1.82, 2.24) is 10.6 Å². The summed E-state index contributed by atoms with van der Waals surface area (Å²) >= 11 is 0. The van der Waals surface area contributed by atoms with Crippen LogP contribution in [0.3, 0.4) is 0 Å². The van der Waals surface area contributed by atoms with Crippen molar-refractivity contribution in [1.29, 1.82) is 0 Å². The Morgan fingerprint density at radius 3 is 2.44 bits per heavy atom. The van der Waals surface area contributed by atoms with E-state index in [1.165, 1.54) is 0 Å². The quantitative estimate of drug-likeness (QED) is 0.628. The van der Waals surface area contributed by atoms with Gasteiger partial charge in [-0.3, -0.25) is 4.79 Å². The van der Waals surface area contributed by atoms with Crippen molar-refractivity contribution in [2.45, 2.75) is 52.1 Å². The second-order valence-corrected chi connectivity index (χ2v) is 4.14. The number of ether oxygens (including phenoxy) is 1. The maximum atomic E-state index is 11.5. The number of carbonyl (C=O) groups excluding carboxylic acids is 1. The van der Waals surface area contributed by atoms with E-state index in [0.29, 0.717) is 18.6 Å². The molecule has 4 heteroatoms. The van der Waals surface area contributed by atoms with Crippen LogP contribution in [0.15, 0.2) is 0 Å². The maximum absolute atomic E-state index is 11.5. The predicted octanol–water partition coefficient (Wildman–Crippen LogP) is 1.31. The highest BCUT2D eigenvalue weighted by Crippen LogP contribution is 1.95. The molecule has 0 saturated carbocycles. The molecule has 0 radical (unpaired) electrons. The Labute approximate surface area is 99.1 Å². The summed E-state index contributed by atoms with van der Waals surface area (Å²) in [5, 5.41) is 6.17. The van der Waals surface area contributed by atoms with Gasteiger partial charge in [-0.15, -0.1) is 0 Å². The van der Waals surface area contributed by atoms with Crippen LogP contribution < -0.4 is 10.6 Å². The van der Waals surface area contributed by atoms with E-state index in [1.54, 1.807) is 7.11 Å². The number of amides is 1. The third-order valence-electron chi connectivity index (χ3n) is 2.72. The van der Waals surface area contributed by atoms with Gasteiger partial charge in [0.2, 0.25) is 5.91 Å². The topological polar surface area (TPSA) is 50.4 Å². The summed E-state index contributed by atoms with van der Waals surface area (Å²) in [7, 11) is 1.69. The van der Waals surface area contributed by atoms with Crippen molar-refractivity contribution in [2.24, 2.45) is 0 Å². The monoisotopic (exact) mass is 230 g/mol. The summed E-state index contributed by atoms with van der Waals surface area (Å²) < 4.78 is 4.98. The van der Waals surface area contributed by atoms with E-state index in [9.17, 15) is 4.79 Å². The van der Waals surface area contributed by atoms with Gasteiger partial charge in [-0.25, -0.2) is 0 Å². The number of hydrogen-bond donors (Lipinski definition) is 2. The Bertz CT molecular complexity index is 182. The van der Waals surface area contributed by atoms with Crippen molar-refractivity contribution < 1.29 is 9.53 Å². The molecular weight excluding hydrogens is 204 g/mol. The molecule has 0 bridgehead atoms. The Balaban J connectivity index is 3.63. The summed E-state index contributed by atoms with van der Waals surface area (Å²) in [6, 6.07) is 0.621. The molecule has 2 N–H and O–H groups in total. The largest absolute Gasteiger partial charge is 0.385 e. The Morgan fingerprint density at radius 2 is 1.94 bits per heavy atom. The number of hydrogen-bond acceptors (Lipinski definition) is 3. The van der Waals surface area contributed by atoms with Gasteiger partial charge < -0.3 is 15.4 Å². The molecule has 1 amide bonds. The molecule has 96 valence electrons. The van der Waals surface area contributed by atoms with Gasteiger partial charge in [0.25, 0.3) is 0 Å². The summed E-state index contributed by atoms with van der Waals surface area (Å²) in [4.78, 5) is 11.5. The second-order valence-electron chi connectivity index (χ2n) is 4.14. The molecule has 0 aliphatic heterocycles. The highest BCUT2D eigenvalue weighted by atomic mass is 16.5. The van der Waals surface area contributed by atoms with E-state index < -0.39 is 0 Å². The van der Waals surface area contributed by atoms with E-state index in [2.05, 4.69) is 31.4 Å². The van der Waals surface area contributed by atoms with Crippen molar-refractivity contribution in [2.75, 3.05) is 20.3 Å². The third kappa shape index (κ3) is 7.65. The van der Waals surface area contributed by atoms with Crippen LogP contribution >= 0.6 is 0 Å². The minimum Gasteiger partial charge on any atom is -0.385 e. The summed E-state index contributed by atoms with van der Waals surface area (Å²) in [5.74, 6) is 0.0815. The van der Waals surface area contributed by atoms with Crippen LogP contribution in [0.1, 0.15) is 40.0 Å². The molecular formula is C12H26N2O2. The maximum Gasteiger partial charge on any atom is 0.234 e. The van der Waals surface area contributed by atoms with Gasteiger partial charge in [0.05, 0.1) is 6.54 Å². The average molecular weight is 230 g/mol. The van der Waals surface area contributed by atoms with Crippen LogP contribution in [0.2, 0.25) is 0 Å². The molecule has 4 nitrogen and oxygen atoms in total. The lowest BCUT2D eigenvalue weighted by atomic mass is 10.2. The first-order valence-corrected chi connectivity index (χ1v) is 6.15. The SMILES string of the molecule is CCC(CC)NC(=O)CNC(C)CCOC. The molecule has 0 spiro atoms. The molecule has 16 heavy (non-hydrogen) atoms. The highest BCUT2D eigenvalue weighted by Gasteiger charge is 2.09. The summed E-state index contributed by atoms with van der Waals surface area (Å²) in [5.41, 5.74) is 0. The minimum atomic E-state index is 0.0815. The van der Waals surface area contributed by atoms with Crippen molar-refractivity contribution in [3.8, 4) is 0 Å².